The molecule has 0 fully saturated rings. The molecule has 0 saturated heterocycles. The second kappa shape index (κ2) is 3.78. The fourth-order valence-electron chi connectivity index (χ4n) is 2.00. The normalized spacial score (nSPS) is 11.8. The Morgan fingerprint density at radius 3 is 2.44 bits per heavy atom. The minimum Gasteiger partial charge on any atom is -0.445 e. The van der Waals surface area contributed by atoms with Gasteiger partial charge >= 0.3 is 0 Å². The van der Waals surface area contributed by atoms with Crippen molar-refractivity contribution < 1.29 is 4.42 Å². The number of hydrogen-bond donors (Lipinski definition) is 0. The standard InChI is InChI=1S/C14H17NO/c1-10-9-11(13-15-7-8-16-13)5-6-12(10)14(2,3)4/h5-9H,1-4H3. The Morgan fingerprint density at radius 2 is 1.94 bits per heavy atom. The zero-order valence-corrected chi connectivity index (χ0v) is 10.2. The molecule has 0 saturated carbocycles. The summed E-state index contributed by atoms with van der Waals surface area (Å²) in [6.45, 7) is 8.80. The predicted molar refractivity (Wildman–Crippen MR) is 65.4 cm³/mol. The number of aryl methyl sites for hydroxylation is 1. The molecule has 0 amide bonds. The molecule has 2 aromatic rings. The third kappa shape index (κ3) is 2.01. The lowest BCUT2D eigenvalue weighted by Crippen LogP contribution is -2.12. The van der Waals surface area contributed by atoms with Gasteiger partial charge in [0, 0.05) is 5.56 Å². The van der Waals surface area contributed by atoms with Crippen molar-refractivity contribution in [2.45, 2.75) is 33.1 Å². The van der Waals surface area contributed by atoms with Gasteiger partial charge in [0.15, 0.2) is 0 Å². The third-order valence-corrected chi connectivity index (χ3v) is 2.71. The van der Waals surface area contributed by atoms with Crippen molar-refractivity contribution in [3.05, 3.63) is 41.8 Å². The molecular weight excluding hydrogens is 198 g/mol. The fourth-order valence-corrected chi connectivity index (χ4v) is 2.00. The Balaban J connectivity index is 2.45. The van der Waals surface area contributed by atoms with Crippen LogP contribution in [0.2, 0.25) is 0 Å². The summed E-state index contributed by atoms with van der Waals surface area (Å²) < 4.78 is 5.29. The minimum absolute atomic E-state index is 0.180. The molecule has 0 bridgehead atoms. The first-order valence-electron chi connectivity index (χ1n) is 5.49. The number of oxazole rings is 1. The van der Waals surface area contributed by atoms with Gasteiger partial charge in [-0.2, -0.15) is 0 Å². The Labute approximate surface area is 96.3 Å². The van der Waals surface area contributed by atoms with Crippen molar-refractivity contribution in [1.82, 2.24) is 4.98 Å². The van der Waals surface area contributed by atoms with E-state index in [9.17, 15) is 0 Å². The molecule has 2 rings (SSSR count). The van der Waals surface area contributed by atoms with Gasteiger partial charge in [-0.15, -0.1) is 0 Å². The second-order valence-corrected chi connectivity index (χ2v) is 5.12. The highest BCUT2D eigenvalue weighted by atomic mass is 16.3. The highest BCUT2D eigenvalue weighted by Crippen LogP contribution is 2.28. The van der Waals surface area contributed by atoms with E-state index in [4.69, 9.17) is 4.42 Å². The molecule has 0 spiro atoms. The monoisotopic (exact) mass is 215 g/mol. The Kier molecular flexibility index (Phi) is 2.58. The predicted octanol–water partition coefficient (Wildman–Crippen LogP) is 3.95. The molecule has 0 unspecified atom stereocenters. The van der Waals surface area contributed by atoms with Gasteiger partial charge in [0.25, 0.3) is 0 Å². The Morgan fingerprint density at radius 1 is 1.19 bits per heavy atom. The minimum atomic E-state index is 0.180. The van der Waals surface area contributed by atoms with Crippen LogP contribution in [0.15, 0.2) is 35.1 Å². The van der Waals surface area contributed by atoms with Crippen LogP contribution in [-0.4, -0.2) is 4.98 Å². The molecule has 84 valence electrons. The van der Waals surface area contributed by atoms with Crippen molar-refractivity contribution in [2.75, 3.05) is 0 Å². The van der Waals surface area contributed by atoms with E-state index in [1.54, 1.807) is 12.5 Å². The average Bonchev–Trinajstić information content (AvgIpc) is 2.68. The molecule has 0 atom stereocenters. The molecule has 1 aromatic carbocycles. The van der Waals surface area contributed by atoms with E-state index in [-0.39, 0.29) is 5.41 Å². The first-order valence-corrected chi connectivity index (χ1v) is 5.49. The smallest absolute Gasteiger partial charge is 0.225 e. The number of rotatable bonds is 1. The topological polar surface area (TPSA) is 26.0 Å². The molecule has 0 aliphatic carbocycles. The molecule has 2 heteroatoms. The average molecular weight is 215 g/mol. The fraction of sp³-hybridized carbons (Fsp3) is 0.357. The van der Waals surface area contributed by atoms with Gasteiger partial charge in [-0.3, -0.25) is 0 Å². The lowest BCUT2D eigenvalue weighted by molar-refractivity contribution is 0.572. The van der Waals surface area contributed by atoms with Crippen LogP contribution in [0, 0.1) is 6.92 Å². The van der Waals surface area contributed by atoms with E-state index in [2.05, 4.69) is 50.9 Å². The van der Waals surface area contributed by atoms with E-state index in [1.807, 2.05) is 0 Å². The lowest BCUT2D eigenvalue weighted by atomic mass is 9.83. The molecule has 1 heterocycles. The van der Waals surface area contributed by atoms with Crippen LogP contribution in [0.4, 0.5) is 0 Å². The summed E-state index contributed by atoms with van der Waals surface area (Å²) >= 11 is 0. The summed E-state index contributed by atoms with van der Waals surface area (Å²) in [5, 5.41) is 0. The molecule has 0 N–H and O–H groups in total. The summed E-state index contributed by atoms with van der Waals surface area (Å²) in [4.78, 5) is 4.15. The van der Waals surface area contributed by atoms with Gasteiger partial charge in [-0.25, -0.2) is 4.98 Å². The van der Waals surface area contributed by atoms with E-state index in [1.165, 1.54) is 11.1 Å². The molecule has 2 nitrogen and oxygen atoms in total. The van der Waals surface area contributed by atoms with E-state index in [0.717, 1.165) is 5.56 Å². The highest BCUT2D eigenvalue weighted by Gasteiger charge is 2.16. The van der Waals surface area contributed by atoms with Gasteiger partial charge in [0.05, 0.1) is 6.20 Å². The van der Waals surface area contributed by atoms with E-state index in [0.29, 0.717) is 5.89 Å². The Hall–Kier alpha value is -1.57. The van der Waals surface area contributed by atoms with Crippen molar-refractivity contribution in [3.8, 4) is 11.5 Å². The summed E-state index contributed by atoms with van der Waals surface area (Å²) in [6, 6.07) is 6.36. The van der Waals surface area contributed by atoms with Crippen molar-refractivity contribution in [3.63, 3.8) is 0 Å². The third-order valence-electron chi connectivity index (χ3n) is 2.71. The summed E-state index contributed by atoms with van der Waals surface area (Å²) in [7, 11) is 0. The van der Waals surface area contributed by atoms with Gasteiger partial charge in [0.1, 0.15) is 6.26 Å². The van der Waals surface area contributed by atoms with Gasteiger partial charge in [-0.1, -0.05) is 26.8 Å². The largest absolute Gasteiger partial charge is 0.445 e. The number of nitrogens with zero attached hydrogens (tertiary/aromatic N) is 1. The maximum Gasteiger partial charge on any atom is 0.225 e. The zero-order valence-electron chi connectivity index (χ0n) is 10.2. The van der Waals surface area contributed by atoms with Crippen molar-refractivity contribution in [1.29, 1.82) is 0 Å². The first-order chi connectivity index (χ1) is 7.48. The summed E-state index contributed by atoms with van der Waals surface area (Å²) in [6.07, 6.45) is 3.27. The molecule has 16 heavy (non-hydrogen) atoms. The maximum absolute atomic E-state index is 5.29. The second-order valence-electron chi connectivity index (χ2n) is 5.12. The summed E-state index contributed by atoms with van der Waals surface area (Å²) in [5.74, 6) is 0.684. The molecule has 1 aromatic heterocycles. The molecule has 0 radical (unpaired) electrons. The van der Waals surface area contributed by atoms with Gasteiger partial charge < -0.3 is 4.42 Å². The van der Waals surface area contributed by atoms with Crippen LogP contribution in [0.3, 0.4) is 0 Å². The SMILES string of the molecule is Cc1cc(-c2ncco2)ccc1C(C)(C)C. The molecular formula is C14H17NO. The number of hydrogen-bond acceptors (Lipinski definition) is 2. The van der Waals surface area contributed by atoms with Gasteiger partial charge in [0.2, 0.25) is 5.89 Å². The van der Waals surface area contributed by atoms with Crippen LogP contribution >= 0.6 is 0 Å². The van der Waals surface area contributed by atoms with Crippen molar-refractivity contribution in [2.24, 2.45) is 0 Å². The highest BCUT2D eigenvalue weighted by molar-refractivity contribution is 5.56. The Bertz CT molecular complexity index is 478. The molecule has 0 aliphatic rings. The number of benzene rings is 1. The van der Waals surface area contributed by atoms with Gasteiger partial charge in [-0.05, 0) is 35.6 Å². The van der Waals surface area contributed by atoms with E-state index < -0.39 is 0 Å². The van der Waals surface area contributed by atoms with E-state index >= 15 is 0 Å². The summed E-state index contributed by atoms with van der Waals surface area (Å²) in [5.41, 5.74) is 3.86. The van der Waals surface area contributed by atoms with Crippen LogP contribution in [0.25, 0.3) is 11.5 Å². The lowest BCUT2D eigenvalue weighted by Gasteiger charge is -2.21. The number of aromatic nitrogens is 1. The van der Waals surface area contributed by atoms with Crippen LogP contribution in [0.1, 0.15) is 31.9 Å². The zero-order chi connectivity index (χ0) is 11.8. The molecule has 0 aliphatic heterocycles. The first kappa shape index (κ1) is 10.9. The van der Waals surface area contributed by atoms with Crippen LogP contribution in [-0.2, 0) is 5.41 Å². The van der Waals surface area contributed by atoms with Crippen LogP contribution < -0.4 is 0 Å². The van der Waals surface area contributed by atoms with Crippen molar-refractivity contribution >= 4 is 0 Å². The van der Waals surface area contributed by atoms with Crippen LogP contribution in [0.5, 0.6) is 0 Å². The quantitative estimate of drug-likeness (QED) is 0.720. The maximum atomic E-state index is 5.29.